The molecule has 0 aliphatic carbocycles. The second kappa shape index (κ2) is 5.46. The molecule has 5 heteroatoms. The molecule has 0 fully saturated rings. The van der Waals surface area contributed by atoms with Crippen molar-refractivity contribution in [2.45, 2.75) is 6.61 Å². The molecule has 0 aromatic heterocycles. The molecule has 2 aromatic rings. The van der Waals surface area contributed by atoms with Crippen molar-refractivity contribution in [3.63, 3.8) is 0 Å². The first kappa shape index (κ1) is 13.0. The highest BCUT2D eigenvalue weighted by Gasteiger charge is 2.10. The van der Waals surface area contributed by atoms with Gasteiger partial charge in [-0.25, -0.2) is 4.39 Å². The van der Waals surface area contributed by atoms with E-state index in [9.17, 15) is 4.39 Å². The number of nitrogen functional groups attached to an aromatic ring is 1. The minimum atomic E-state index is -0.423. The van der Waals surface area contributed by atoms with Gasteiger partial charge in [0.05, 0.1) is 15.7 Å². The zero-order valence-corrected chi connectivity index (χ0v) is 10.8. The Bertz CT molecular complexity index is 483. The molecule has 0 radical (unpaired) electrons. The van der Waals surface area contributed by atoms with Crippen LogP contribution in [0, 0.1) is 5.82 Å². The third kappa shape index (κ3) is 2.68. The maximum Gasteiger partial charge on any atom is 0.161 e. The summed E-state index contributed by atoms with van der Waals surface area (Å²) in [4.78, 5) is 0. The van der Waals surface area contributed by atoms with Crippen LogP contribution in [0.2, 0.25) is 10.0 Å². The maximum atomic E-state index is 13.5. The van der Waals surface area contributed by atoms with Crippen molar-refractivity contribution >= 4 is 28.9 Å². The molecule has 2 aromatic carbocycles. The van der Waals surface area contributed by atoms with E-state index in [1.54, 1.807) is 24.3 Å². The molecule has 0 amide bonds. The summed E-state index contributed by atoms with van der Waals surface area (Å²) in [5.74, 6) is -0.0911. The highest BCUT2D eigenvalue weighted by atomic mass is 35.5. The van der Waals surface area contributed by atoms with Gasteiger partial charge in [-0.05, 0) is 24.3 Å². The maximum absolute atomic E-state index is 13.5. The average molecular weight is 286 g/mol. The predicted molar refractivity (Wildman–Crippen MR) is 71.6 cm³/mol. The molecular weight excluding hydrogens is 276 g/mol. The average Bonchev–Trinajstić information content (AvgIpc) is 2.31. The topological polar surface area (TPSA) is 35.2 Å². The van der Waals surface area contributed by atoms with Crippen molar-refractivity contribution in [2.24, 2.45) is 0 Å². The van der Waals surface area contributed by atoms with E-state index in [1.165, 1.54) is 12.1 Å². The summed E-state index contributed by atoms with van der Waals surface area (Å²) in [6.07, 6.45) is 0. The van der Waals surface area contributed by atoms with Crippen LogP contribution in [0.5, 0.6) is 5.75 Å². The lowest BCUT2D eigenvalue weighted by molar-refractivity contribution is 0.302. The Morgan fingerprint density at radius 1 is 1.06 bits per heavy atom. The van der Waals surface area contributed by atoms with Gasteiger partial charge in [0, 0.05) is 5.56 Å². The summed E-state index contributed by atoms with van der Waals surface area (Å²) in [5, 5.41) is 0.683. The lowest BCUT2D eigenvalue weighted by Gasteiger charge is -2.11. The molecule has 0 heterocycles. The summed E-state index contributed by atoms with van der Waals surface area (Å²) in [7, 11) is 0. The number of halogens is 3. The van der Waals surface area contributed by atoms with E-state index in [2.05, 4.69) is 0 Å². The van der Waals surface area contributed by atoms with E-state index < -0.39 is 5.82 Å². The lowest BCUT2D eigenvalue weighted by Crippen LogP contribution is -2.02. The van der Waals surface area contributed by atoms with E-state index in [0.717, 1.165) is 0 Å². The van der Waals surface area contributed by atoms with Gasteiger partial charge >= 0.3 is 0 Å². The summed E-state index contributed by atoms with van der Waals surface area (Å²) in [5.41, 5.74) is 6.40. The van der Waals surface area contributed by atoms with E-state index >= 15 is 0 Å². The minimum absolute atomic E-state index is 0.0283. The highest BCUT2D eigenvalue weighted by Crippen LogP contribution is 2.32. The standard InChI is InChI=1S/C13H10Cl2FNO/c14-9-3-1-5-11(16)8(9)7-18-13-10(15)4-2-6-12(13)17/h1-6H,7,17H2. The summed E-state index contributed by atoms with van der Waals surface area (Å²) < 4.78 is 19.0. The molecule has 0 aliphatic rings. The Hall–Kier alpha value is -1.45. The number of benzene rings is 2. The van der Waals surface area contributed by atoms with Crippen LogP contribution >= 0.6 is 23.2 Å². The lowest BCUT2D eigenvalue weighted by atomic mass is 10.2. The smallest absolute Gasteiger partial charge is 0.161 e. The fraction of sp³-hybridized carbons (Fsp3) is 0.0769. The predicted octanol–water partition coefficient (Wildman–Crippen LogP) is 4.29. The number of ether oxygens (including phenoxy) is 1. The molecule has 0 unspecified atom stereocenters. The van der Waals surface area contributed by atoms with Gasteiger partial charge in [-0.1, -0.05) is 35.3 Å². The third-order valence-corrected chi connectivity index (χ3v) is 3.07. The van der Waals surface area contributed by atoms with Gasteiger partial charge in [-0.15, -0.1) is 0 Å². The van der Waals surface area contributed by atoms with Gasteiger partial charge in [-0.3, -0.25) is 0 Å². The molecule has 0 spiro atoms. The fourth-order valence-electron chi connectivity index (χ4n) is 1.49. The van der Waals surface area contributed by atoms with Crippen molar-refractivity contribution in [2.75, 3.05) is 5.73 Å². The van der Waals surface area contributed by atoms with E-state index in [0.29, 0.717) is 21.5 Å². The van der Waals surface area contributed by atoms with Gasteiger partial charge in [0.25, 0.3) is 0 Å². The molecular formula is C13H10Cl2FNO. The first-order chi connectivity index (χ1) is 8.59. The largest absolute Gasteiger partial charge is 0.485 e. The first-order valence-electron chi connectivity index (χ1n) is 5.19. The van der Waals surface area contributed by atoms with Crippen molar-refractivity contribution in [1.29, 1.82) is 0 Å². The Morgan fingerprint density at radius 2 is 1.72 bits per heavy atom. The number of para-hydroxylation sites is 1. The fourth-order valence-corrected chi connectivity index (χ4v) is 1.95. The van der Waals surface area contributed by atoms with E-state index in [1.807, 2.05) is 0 Å². The van der Waals surface area contributed by atoms with Crippen molar-refractivity contribution in [3.8, 4) is 5.75 Å². The number of rotatable bonds is 3. The van der Waals surface area contributed by atoms with Gasteiger partial charge in [0.15, 0.2) is 5.75 Å². The Morgan fingerprint density at radius 3 is 2.39 bits per heavy atom. The third-order valence-electron chi connectivity index (χ3n) is 2.42. The molecule has 94 valence electrons. The van der Waals surface area contributed by atoms with Crippen LogP contribution < -0.4 is 10.5 Å². The Labute approximate surface area is 114 Å². The van der Waals surface area contributed by atoms with Gasteiger partial charge in [-0.2, -0.15) is 0 Å². The molecule has 0 aliphatic heterocycles. The zero-order valence-electron chi connectivity index (χ0n) is 9.29. The molecule has 0 atom stereocenters. The Balaban J connectivity index is 2.22. The van der Waals surface area contributed by atoms with Crippen LogP contribution in [0.4, 0.5) is 10.1 Å². The van der Waals surface area contributed by atoms with E-state index in [-0.39, 0.29) is 12.2 Å². The Kier molecular flexibility index (Phi) is 3.94. The van der Waals surface area contributed by atoms with Crippen molar-refractivity contribution in [1.82, 2.24) is 0 Å². The van der Waals surface area contributed by atoms with Crippen LogP contribution in [0.3, 0.4) is 0 Å². The van der Waals surface area contributed by atoms with Crippen LogP contribution in [-0.2, 0) is 6.61 Å². The zero-order chi connectivity index (χ0) is 13.1. The van der Waals surface area contributed by atoms with Gasteiger partial charge in [0.1, 0.15) is 12.4 Å². The molecule has 0 bridgehead atoms. The van der Waals surface area contributed by atoms with Crippen LogP contribution in [0.25, 0.3) is 0 Å². The summed E-state index contributed by atoms with van der Waals surface area (Å²) in [6, 6.07) is 9.46. The first-order valence-corrected chi connectivity index (χ1v) is 5.95. The number of hydrogen-bond acceptors (Lipinski definition) is 2. The van der Waals surface area contributed by atoms with Crippen LogP contribution in [-0.4, -0.2) is 0 Å². The van der Waals surface area contributed by atoms with Gasteiger partial charge < -0.3 is 10.5 Å². The normalized spacial score (nSPS) is 10.4. The minimum Gasteiger partial charge on any atom is -0.485 e. The monoisotopic (exact) mass is 285 g/mol. The summed E-state index contributed by atoms with van der Waals surface area (Å²) in [6.45, 7) is -0.0283. The molecule has 2 rings (SSSR count). The molecule has 0 saturated carbocycles. The number of anilines is 1. The molecule has 2 nitrogen and oxygen atoms in total. The molecule has 0 saturated heterocycles. The number of hydrogen-bond donors (Lipinski definition) is 1. The second-order valence-corrected chi connectivity index (χ2v) is 4.46. The van der Waals surface area contributed by atoms with Crippen LogP contribution in [0.15, 0.2) is 36.4 Å². The van der Waals surface area contributed by atoms with Crippen molar-refractivity contribution < 1.29 is 9.13 Å². The molecule has 18 heavy (non-hydrogen) atoms. The van der Waals surface area contributed by atoms with Crippen LogP contribution in [0.1, 0.15) is 5.56 Å². The second-order valence-electron chi connectivity index (χ2n) is 3.65. The number of nitrogens with two attached hydrogens (primary N) is 1. The molecule has 2 N–H and O–H groups in total. The quantitative estimate of drug-likeness (QED) is 0.854. The summed E-state index contributed by atoms with van der Waals surface area (Å²) >= 11 is 11.8. The van der Waals surface area contributed by atoms with E-state index in [4.69, 9.17) is 33.7 Å². The van der Waals surface area contributed by atoms with Crippen molar-refractivity contribution in [3.05, 3.63) is 57.8 Å². The van der Waals surface area contributed by atoms with Gasteiger partial charge in [0.2, 0.25) is 0 Å². The highest BCUT2D eigenvalue weighted by molar-refractivity contribution is 6.32. The SMILES string of the molecule is Nc1cccc(Cl)c1OCc1c(F)cccc1Cl.